The van der Waals surface area contributed by atoms with Crippen LogP contribution >= 0.6 is 11.6 Å². The smallest absolute Gasteiger partial charge is 0.275 e. The van der Waals surface area contributed by atoms with Crippen LogP contribution in [-0.2, 0) is 7.05 Å². The summed E-state index contributed by atoms with van der Waals surface area (Å²) in [7, 11) is 1.50. The van der Waals surface area contributed by atoms with Crippen molar-refractivity contribution >= 4 is 16.8 Å². The fourth-order valence-corrected chi connectivity index (χ4v) is 2.12. The summed E-state index contributed by atoms with van der Waals surface area (Å²) in [4.78, 5) is 23.0. The van der Waals surface area contributed by atoms with Gasteiger partial charge in [-0.1, -0.05) is 23.8 Å². The van der Waals surface area contributed by atoms with Gasteiger partial charge in [0, 0.05) is 12.6 Å². The highest BCUT2D eigenvalue weighted by molar-refractivity contribution is 6.67. The van der Waals surface area contributed by atoms with Gasteiger partial charge in [0.05, 0.1) is 5.69 Å². The van der Waals surface area contributed by atoms with Gasteiger partial charge in [0.25, 0.3) is 10.8 Å². The van der Waals surface area contributed by atoms with Crippen molar-refractivity contribution in [2.45, 2.75) is 13.8 Å². The molecule has 0 amide bonds. The van der Waals surface area contributed by atoms with Gasteiger partial charge < -0.3 is 0 Å². The average molecular weight is 277 g/mol. The first-order chi connectivity index (χ1) is 8.90. The Bertz CT molecular complexity index is 720. The number of carbonyl (C=O) groups excluding carboxylic acids is 1. The summed E-state index contributed by atoms with van der Waals surface area (Å²) >= 11 is 5.42. The fourth-order valence-electron chi connectivity index (χ4n) is 1.98. The molecule has 0 atom stereocenters. The predicted octanol–water partition coefficient (Wildman–Crippen LogP) is 2.44. The van der Waals surface area contributed by atoms with E-state index in [1.807, 2.05) is 32.0 Å². The molecular formula is C14H13ClN2O2. The van der Waals surface area contributed by atoms with Gasteiger partial charge in [-0.3, -0.25) is 9.59 Å². The van der Waals surface area contributed by atoms with Crippen LogP contribution in [0.5, 0.6) is 0 Å². The molecule has 0 saturated heterocycles. The second-order valence-electron chi connectivity index (χ2n) is 4.46. The van der Waals surface area contributed by atoms with Crippen LogP contribution < -0.4 is 5.56 Å². The Morgan fingerprint density at radius 2 is 1.95 bits per heavy atom. The van der Waals surface area contributed by atoms with Crippen molar-refractivity contribution in [1.82, 2.24) is 9.78 Å². The van der Waals surface area contributed by atoms with E-state index in [-0.39, 0.29) is 5.56 Å². The van der Waals surface area contributed by atoms with Crippen LogP contribution in [0.3, 0.4) is 0 Å². The molecule has 4 nitrogen and oxygen atoms in total. The summed E-state index contributed by atoms with van der Waals surface area (Å²) < 4.78 is 1.13. The van der Waals surface area contributed by atoms with Crippen molar-refractivity contribution in [1.29, 1.82) is 0 Å². The van der Waals surface area contributed by atoms with Crippen molar-refractivity contribution in [2.24, 2.45) is 7.05 Å². The Labute approximate surface area is 115 Å². The highest BCUT2D eigenvalue weighted by atomic mass is 35.5. The predicted molar refractivity (Wildman–Crippen MR) is 74.6 cm³/mol. The largest absolute Gasteiger partial charge is 0.278 e. The minimum Gasteiger partial charge on any atom is -0.275 e. The monoisotopic (exact) mass is 276 g/mol. The number of hydrogen-bond donors (Lipinski definition) is 0. The Morgan fingerprint density at radius 1 is 1.26 bits per heavy atom. The molecule has 0 aliphatic heterocycles. The lowest BCUT2D eigenvalue weighted by Gasteiger charge is -2.08. The van der Waals surface area contributed by atoms with Crippen LogP contribution in [0.15, 0.2) is 29.1 Å². The van der Waals surface area contributed by atoms with Crippen LogP contribution in [0.2, 0.25) is 0 Å². The van der Waals surface area contributed by atoms with Crippen molar-refractivity contribution in [3.63, 3.8) is 0 Å². The van der Waals surface area contributed by atoms with Gasteiger partial charge in [0.1, 0.15) is 5.56 Å². The normalized spacial score (nSPS) is 10.5. The minimum absolute atomic E-state index is 0.0610. The molecule has 0 saturated carbocycles. The molecule has 0 N–H and O–H groups in total. The SMILES string of the molecule is Cc1ccc(-c2cc(C(=O)Cl)c(=O)n(C)n2)c(C)c1. The highest BCUT2D eigenvalue weighted by Gasteiger charge is 2.14. The molecule has 2 aromatic rings. The molecule has 1 aromatic heterocycles. The molecule has 0 aliphatic rings. The number of hydrogen-bond acceptors (Lipinski definition) is 3. The lowest BCUT2D eigenvalue weighted by molar-refractivity contribution is 0.107. The topological polar surface area (TPSA) is 52.0 Å². The number of aryl methyl sites for hydroxylation is 3. The first-order valence-electron chi connectivity index (χ1n) is 5.76. The Morgan fingerprint density at radius 3 is 2.53 bits per heavy atom. The second-order valence-corrected chi connectivity index (χ2v) is 4.81. The lowest BCUT2D eigenvalue weighted by atomic mass is 10.0. The van der Waals surface area contributed by atoms with E-state index in [2.05, 4.69) is 5.10 Å². The average Bonchev–Trinajstić information content (AvgIpc) is 2.32. The summed E-state index contributed by atoms with van der Waals surface area (Å²) in [5.74, 6) is 0. The van der Waals surface area contributed by atoms with Crippen LogP contribution in [0.1, 0.15) is 21.5 Å². The third kappa shape index (κ3) is 2.58. The number of benzene rings is 1. The highest BCUT2D eigenvalue weighted by Crippen LogP contribution is 2.22. The van der Waals surface area contributed by atoms with Crippen LogP contribution in [0, 0.1) is 13.8 Å². The molecule has 0 radical (unpaired) electrons. The standard InChI is InChI=1S/C14H13ClN2O2/c1-8-4-5-10(9(2)6-8)12-7-11(13(15)18)14(19)17(3)16-12/h4-7H,1-3H3. The lowest BCUT2D eigenvalue weighted by Crippen LogP contribution is -2.25. The fraction of sp³-hybridized carbons (Fsp3) is 0.214. The summed E-state index contributed by atoms with van der Waals surface area (Å²) in [6.45, 7) is 3.95. The molecule has 0 unspecified atom stereocenters. The number of rotatable bonds is 2. The maximum absolute atomic E-state index is 11.7. The van der Waals surface area contributed by atoms with E-state index in [1.54, 1.807) is 0 Å². The second kappa shape index (κ2) is 4.97. The molecule has 98 valence electrons. The van der Waals surface area contributed by atoms with E-state index >= 15 is 0 Å². The zero-order valence-corrected chi connectivity index (χ0v) is 11.7. The van der Waals surface area contributed by atoms with E-state index in [0.29, 0.717) is 5.69 Å². The van der Waals surface area contributed by atoms with Crippen molar-refractivity contribution in [3.05, 3.63) is 51.3 Å². The molecule has 1 heterocycles. The van der Waals surface area contributed by atoms with Gasteiger partial charge in [0.2, 0.25) is 0 Å². The third-order valence-corrected chi connectivity index (χ3v) is 3.14. The summed E-state index contributed by atoms with van der Waals surface area (Å²) in [5.41, 5.74) is 3.05. The Balaban J connectivity index is 2.70. The van der Waals surface area contributed by atoms with Crippen LogP contribution in [0.25, 0.3) is 11.3 Å². The van der Waals surface area contributed by atoms with E-state index in [4.69, 9.17) is 11.6 Å². The summed E-state index contributed by atoms with van der Waals surface area (Å²) in [6, 6.07) is 7.33. The molecule has 1 aromatic carbocycles. The first-order valence-corrected chi connectivity index (χ1v) is 6.14. The zero-order valence-electron chi connectivity index (χ0n) is 10.9. The molecule has 5 heteroatoms. The zero-order chi connectivity index (χ0) is 14.2. The van der Waals surface area contributed by atoms with Gasteiger partial charge in [-0.25, -0.2) is 4.68 Å². The molecular weight excluding hydrogens is 264 g/mol. The van der Waals surface area contributed by atoms with Gasteiger partial charge in [0.15, 0.2) is 0 Å². The summed E-state index contributed by atoms with van der Waals surface area (Å²) in [5, 5.41) is 3.40. The molecule has 19 heavy (non-hydrogen) atoms. The number of carbonyl (C=O) groups is 1. The van der Waals surface area contributed by atoms with Crippen molar-refractivity contribution < 1.29 is 4.79 Å². The third-order valence-electron chi connectivity index (χ3n) is 2.93. The quantitative estimate of drug-likeness (QED) is 0.792. The first kappa shape index (κ1) is 13.5. The van der Waals surface area contributed by atoms with Crippen molar-refractivity contribution in [2.75, 3.05) is 0 Å². The number of nitrogens with zero attached hydrogens (tertiary/aromatic N) is 2. The van der Waals surface area contributed by atoms with Crippen LogP contribution in [0.4, 0.5) is 0 Å². The number of aromatic nitrogens is 2. The van der Waals surface area contributed by atoms with Gasteiger partial charge in [-0.15, -0.1) is 0 Å². The maximum Gasteiger partial charge on any atom is 0.278 e. The van der Waals surface area contributed by atoms with Gasteiger partial charge in [-0.2, -0.15) is 5.10 Å². The maximum atomic E-state index is 11.7. The van der Waals surface area contributed by atoms with E-state index in [1.165, 1.54) is 13.1 Å². The van der Waals surface area contributed by atoms with Gasteiger partial charge >= 0.3 is 0 Å². The minimum atomic E-state index is -0.769. The van der Waals surface area contributed by atoms with E-state index in [9.17, 15) is 9.59 Å². The Kier molecular flexibility index (Phi) is 3.53. The van der Waals surface area contributed by atoms with E-state index in [0.717, 1.165) is 21.4 Å². The molecule has 0 spiro atoms. The van der Waals surface area contributed by atoms with E-state index < -0.39 is 10.8 Å². The molecule has 0 bridgehead atoms. The number of halogens is 1. The van der Waals surface area contributed by atoms with Gasteiger partial charge in [-0.05, 0) is 37.1 Å². The molecule has 0 aliphatic carbocycles. The summed E-state index contributed by atoms with van der Waals surface area (Å²) in [6.07, 6.45) is 0. The molecule has 2 rings (SSSR count). The van der Waals surface area contributed by atoms with Crippen LogP contribution in [-0.4, -0.2) is 15.0 Å². The molecule has 0 fully saturated rings. The van der Waals surface area contributed by atoms with Crippen molar-refractivity contribution in [3.8, 4) is 11.3 Å². The Hall–Kier alpha value is -1.94.